The fraction of sp³-hybridized carbons (Fsp3) is 0.400. The molecule has 0 aliphatic carbocycles. The first-order valence-electron chi connectivity index (χ1n) is 9.23. The molecule has 6 nitrogen and oxygen atoms in total. The van der Waals surface area contributed by atoms with Gasteiger partial charge in [0.25, 0.3) is 5.91 Å². The van der Waals surface area contributed by atoms with Crippen LogP contribution in [0.3, 0.4) is 0 Å². The van der Waals surface area contributed by atoms with Gasteiger partial charge in [-0.15, -0.1) is 0 Å². The van der Waals surface area contributed by atoms with Crippen LogP contribution in [0.5, 0.6) is 0 Å². The highest BCUT2D eigenvalue weighted by Gasteiger charge is 2.26. The largest absolute Gasteiger partial charge is 0.381 e. The van der Waals surface area contributed by atoms with Crippen molar-refractivity contribution in [2.24, 2.45) is 0 Å². The topological polar surface area (TPSA) is 63.2 Å². The summed E-state index contributed by atoms with van der Waals surface area (Å²) >= 11 is 0. The van der Waals surface area contributed by atoms with E-state index in [4.69, 9.17) is 4.74 Å². The Hall–Kier alpha value is -2.60. The second-order valence-corrected chi connectivity index (χ2v) is 6.72. The maximum atomic E-state index is 12.9. The minimum absolute atomic E-state index is 0.000681. The number of H-pyrrole nitrogens is 1. The number of hydrogen-bond acceptors (Lipinski definition) is 3. The van der Waals surface area contributed by atoms with Crippen molar-refractivity contribution in [1.82, 2.24) is 19.7 Å². The Morgan fingerprint density at radius 1 is 1.31 bits per heavy atom. The van der Waals surface area contributed by atoms with E-state index in [-0.39, 0.29) is 11.9 Å². The van der Waals surface area contributed by atoms with E-state index in [1.807, 2.05) is 30.0 Å². The Bertz CT molecular complexity index is 892. The van der Waals surface area contributed by atoms with Crippen LogP contribution in [0.1, 0.15) is 35.9 Å². The van der Waals surface area contributed by atoms with E-state index in [0.29, 0.717) is 18.8 Å². The van der Waals surface area contributed by atoms with Gasteiger partial charge in [-0.05, 0) is 43.4 Å². The molecule has 1 aliphatic rings. The molecule has 0 saturated carbocycles. The van der Waals surface area contributed by atoms with Crippen LogP contribution in [0, 0.1) is 0 Å². The molecule has 0 atom stereocenters. The molecule has 136 valence electrons. The summed E-state index contributed by atoms with van der Waals surface area (Å²) in [5, 5.41) is 8.52. The van der Waals surface area contributed by atoms with E-state index < -0.39 is 0 Å². The van der Waals surface area contributed by atoms with Crippen molar-refractivity contribution in [2.45, 2.75) is 32.4 Å². The molecule has 3 heterocycles. The van der Waals surface area contributed by atoms with Gasteiger partial charge in [-0.25, -0.2) is 0 Å². The first kappa shape index (κ1) is 16.8. The van der Waals surface area contributed by atoms with Crippen LogP contribution in [-0.4, -0.2) is 51.4 Å². The number of amides is 1. The smallest absolute Gasteiger partial charge is 0.274 e. The van der Waals surface area contributed by atoms with Crippen LogP contribution in [-0.2, 0) is 11.3 Å². The summed E-state index contributed by atoms with van der Waals surface area (Å²) in [5.41, 5.74) is 2.59. The number of para-hydroxylation sites is 1. The summed E-state index contributed by atoms with van der Waals surface area (Å²) < 4.78 is 7.58. The normalized spacial score (nSPS) is 15.4. The van der Waals surface area contributed by atoms with Gasteiger partial charge in [-0.2, -0.15) is 5.10 Å². The molecule has 0 radical (unpaired) electrons. The highest BCUT2D eigenvalue weighted by Crippen LogP contribution is 2.19. The molecule has 4 rings (SSSR count). The summed E-state index contributed by atoms with van der Waals surface area (Å²) in [6.07, 6.45) is 3.85. The van der Waals surface area contributed by atoms with Crippen molar-refractivity contribution in [3.63, 3.8) is 0 Å². The minimum atomic E-state index is -0.000681. The van der Waals surface area contributed by atoms with Crippen LogP contribution < -0.4 is 0 Å². The highest BCUT2D eigenvalue weighted by atomic mass is 16.5. The fourth-order valence-corrected chi connectivity index (χ4v) is 3.73. The predicted octanol–water partition coefficient (Wildman–Crippen LogP) is 3.05. The summed E-state index contributed by atoms with van der Waals surface area (Å²) in [6.45, 7) is 4.82. The maximum absolute atomic E-state index is 12.9. The van der Waals surface area contributed by atoms with Gasteiger partial charge in [0.2, 0.25) is 0 Å². The van der Waals surface area contributed by atoms with E-state index in [1.165, 1.54) is 10.9 Å². The first-order chi connectivity index (χ1) is 12.8. The van der Waals surface area contributed by atoms with E-state index in [9.17, 15) is 4.79 Å². The number of carbonyl (C=O) groups excluding carboxylic acids is 1. The summed E-state index contributed by atoms with van der Waals surface area (Å²) in [4.78, 5) is 14.8. The molecule has 1 aromatic carbocycles. The number of rotatable bonds is 5. The first-order valence-corrected chi connectivity index (χ1v) is 9.23. The lowest BCUT2D eigenvalue weighted by Crippen LogP contribution is -2.43. The lowest BCUT2D eigenvalue weighted by molar-refractivity contribution is 0.0302. The molecule has 6 heteroatoms. The second kappa shape index (κ2) is 7.33. The highest BCUT2D eigenvalue weighted by molar-refractivity contribution is 5.92. The van der Waals surface area contributed by atoms with Crippen molar-refractivity contribution >= 4 is 16.8 Å². The Kier molecular flexibility index (Phi) is 4.75. The average Bonchev–Trinajstić information content (AvgIpc) is 3.31. The molecule has 1 amide bonds. The van der Waals surface area contributed by atoms with Crippen molar-refractivity contribution in [2.75, 3.05) is 19.8 Å². The molecular formula is C20H24N4O2. The molecule has 1 N–H and O–H groups in total. The Morgan fingerprint density at radius 3 is 2.92 bits per heavy atom. The summed E-state index contributed by atoms with van der Waals surface area (Å²) in [5.74, 6) is -0.000681. The van der Waals surface area contributed by atoms with E-state index >= 15 is 0 Å². The molecule has 26 heavy (non-hydrogen) atoms. The number of aromatic nitrogens is 3. The monoisotopic (exact) mass is 352 g/mol. The minimum Gasteiger partial charge on any atom is -0.381 e. The lowest BCUT2D eigenvalue weighted by atomic mass is 10.1. The zero-order valence-corrected chi connectivity index (χ0v) is 15.0. The third-order valence-electron chi connectivity index (χ3n) is 5.10. The van der Waals surface area contributed by atoms with Gasteiger partial charge in [0.05, 0.1) is 12.2 Å². The number of benzene rings is 1. The van der Waals surface area contributed by atoms with E-state index in [0.717, 1.165) is 31.7 Å². The molecule has 3 aromatic rings. The molecular weight excluding hydrogens is 328 g/mol. The number of nitrogens with zero attached hydrogens (tertiary/aromatic N) is 3. The molecule has 1 saturated heterocycles. The van der Waals surface area contributed by atoms with Crippen molar-refractivity contribution in [3.8, 4) is 0 Å². The third-order valence-corrected chi connectivity index (χ3v) is 5.10. The zero-order valence-electron chi connectivity index (χ0n) is 15.0. The average molecular weight is 352 g/mol. The predicted molar refractivity (Wildman–Crippen MR) is 100 cm³/mol. The fourth-order valence-electron chi connectivity index (χ4n) is 3.73. The molecule has 1 aliphatic heterocycles. The number of carbonyl (C=O) groups is 1. The van der Waals surface area contributed by atoms with Crippen LogP contribution >= 0.6 is 0 Å². The van der Waals surface area contributed by atoms with Gasteiger partial charge >= 0.3 is 0 Å². The van der Waals surface area contributed by atoms with Gasteiger partial charge in [-0.1, -0.05) is 18.2 Å². The Morgan fingerprint density at radius 2 is 2.12 bits per heavy atom. The third kappa shape index (κ3) is 3.24. The van der Waals surface area contributed by atoms with Crippen LogP contribution in [0.2, 0.25) is 0 Å². The zero-order chi connectivity index (χ0) is 17.9. The number of hydrogen-bond donors (Lipinski definition) is 1. The molecule has 2 aromatic heterocycles. The number of nitrogens with one attached hydrogen (secondary N) is 1. The van der Waals surface area contributed by atoms with Crippen LogP contribution in [0.15, 0.2) is 42.6 Å². The molecule has 0 spiro atoms. The van der Waals surface area contributed by atoms with Gasteiger partial charge in [0, 0.05) is 37.5 Å². The number of ether oxygens (including phenoxy) is 1. The van der Waals surface area contributed by atoms with Gasteiger partial charge in [0.15, 0.2) is 0 Å². The van der Waals surface area contributed by atoms with Gasteiger partial charge in [-0.3, -0.25) is 9.89 Å². The van der Waals surface area contributed by atoms with E-state index in [2.05, 4.69) is 39.2 Å². The Labute approximate surface area is 152 Å². The Balaban J connectivity index is 1.50. The van der Waals surface area contributed by atoms with Gasteiger partial charge in [0.1, 0.15) is 5.69 Å². The van der Waals surface area contributed by atoms with Crippen LogP contribution in [0.25, 0.3) is 10.9 Å². The lowest BCUT2D eigenvalue weighted by Gasteiger charge is -2.33. The summed E-state index contributed by atoms with van der Waals surface area (Å²) in [7, 11) is 0. The molecule has 1 fully saturated rings. The maximum Gasteiger partial charge on any atom is 0.274 e. The second-order valence-electron chi connectivity index (χ2n) is 6.72. The van der Waals surface area contributed by atoms with Crippen molar-refractivity contribution in [3.05, 3.63) is 54.0 Å². The SMILES string of the molecule is CCN(C(=O)c1cc(Cn2ccc3ccccc32)[nH]n1)C1CCOCC1. The van der Waals surface area contributed by atoms with Crippen LogP contribution in [0.4, 0.5) is 0 Å². The molecule has 0 unspecified atom stereocenters. The standard InChI is InChI=1S/C20H24N4O2/c1-2-24(17-8-11-26-12-9-17)20(25)18-13-16(21-22-18)14-23-10-7-15-5-3-4-6-19(15)23/h3-7,10,13,17H,2,8-9,11-12,14H2,1H3,(H,21,22). The van der Waals surface area contributed by atoms with Crippen molar-refractivity contribution < 1.29 is 9.53 Å². The van der Waals surface area contributed by atoms with E-state index in [1.54, 1.807) is 0 Å². The summed E-state index contributed by atoms with van der Waals surface area (Å²) in [6, 6.07) is 12.5. The van der Waals surface area contributed by atoms with Gasteiger partial charge < -0.3 is 14.2 Å². The molecule has 0 bridgehead atoms. The number of aromatic amines is 1. The number of fused-ring (bicyclic) bond motifs is 1. The quantitative estimate of drug-likeness (QED) is 0.768. The van der Waals surface area contributed by atoms with Crippen molar-refractivity contribution in [1.29, 1.82) is 0 Å².